The molecule has 0 unspecified atom stereocenters. The van der Waals surface area contributed by atoms with Crippen molar-refractivity contribution in [2.75, 3.05) is 0 Å². The first kappa shape index (κ1) is 9.66. The summed E-state index contributed by atoms with van der Waals surface area (Å²) in [6, 6.07) is 16.9. The molecule has 0 saturated heterocycles. The average Bonchev–Trinajstić information content (AvgIpc) is 2.77. The predicted octanol–water partition coefficient (Wildman–Crippen LogP) is 3.95. The number of aromatic nitrogens is 2. The van der Waals surface area contributed by atoms with Gasteiger partial charge in [-0.2, -0.15) is 0 Å². The topological polar surface area (TPSA) is 17.3 Å². The van der Waals surface area contributed by atoms with Gasteiger partial charge >= 0.3 is 0 Å². The summed E-state index contributed by atoms with van der Waals surface area (Å²) in [4.78, 5) is 4.74. The molecular formula is C16H12N2. The van der Waals surface area contributed by atoms with Crippen molar-refractivity contribution >= 4 is 27.5 Å². The Kier molecular flexibility index (Phi) is 1.78. The average molecular weight is 232 g/mol. The summed E-state index contributed by atoms with van der Waals surface area (Å²) in [5.74, 6) is 0. The van der Waals surface area contributed by atoms with E-state index >= 15 is 0 Å². The lowest BCUT2D eigenvalue weighted by atomic mass is 10.1. The van der Waals surface area contributed by atoms with Crippen molar-refractivity contribution in [3.05, 3.63) is 60.3 Å². The van der Waals surface area contributed by atoms with Crippen LogP contribution in [0.2, 0.25) is 0 Å². The van der Waals surface area contributed by atoms with Gasteiger partial charge in [-0.1, -0.05) is 35.9 Å². The van der Waals surface area contributed by atoms with Gasteiger partial charge in [-0.05, 0) is 30.5 Å². The van der Waals surface area contributed by atoms with Gasteiger partial charge in [-0.25, -0.2) is 4.98 Å². The lowest BCUT2D eigenvalue weighted by Gasteiger charge is -2.02. The number of fused-ring (bicyclic) bond motifs is 5. The number of aryl methyl sites for hydroxylation is 1. The third-order valence-corrected chi connectivity index (χ3v) is 3.45. The molecule has 18 heavy (non-hydrogen) atoms. The third-order valence-electron chi connectivity index (χ3n) is 3.45. The van der Waals surface area contributed by atoms with Crippen LogP contribution in [0.25, 0.3) is 27.5 Å². The predicted molar refractivity (Wildman–Crippen MR) is 74.9 cm³/mol. The molecular weight excluding hydrogens is 220 g/mol. The minimum absolute atomic E-state index is 1.04. The molecule has 0 aliphatic heterocycles. The molecule has 0 fully saturated rings. The van der Waals surface area contributed by atoms with Crippen molar-refractivity contribution in [1.29, 1.82) is 0 Å². The fourth-order valence-electron chi connectivity index (χ4n) is 2.56. The first-order chi connectivity index (χ1) is 8.83. The molecule has 2 heteroatoms. The van der Waals surface area contributed by atoms with Crippen molar-refractivity contribution in [1.82, 2.24) is 9.38 Å². The first-order valence-corrected chi connectivity index (χ1v) is 6.09. The summed E-state index contributed by atoms with van der Waals surface area (Å²) >= 11 is 0. The molecule has 0 N–H and O–H groups in total. The lowest BCUT2D eigenvalue weighted by molar-refractivity contribution is 1.25. The zero-order valence-electron chi connectivity index (χ0n) is 10.1. The van der Waals surface area contributed by atoms with Crippen LogP contribution >= 0.6 is 0 Å². The molecule has 0 spiro atoms. The normalized spacial score (nSPS) is 11.6. The van der Waals surface area contributed by atoms with E-state index in [1.54, 1.807) is 0 Å². The number of benzene rings is 2. The Morgan fingerprint density at radius 1 is 1.00 bits per heavy atom. The number of para-hydroxylation sites is 2. The van der Waals surface area contributed by atoms with Gasteiger partial charge in [0.1, 0.15) is 5.65 Å². The Hall–Kier alpha value is -2.35. The van der Waals surface area contributed by atoms with E-state index in [4.69, 9.17) is 4.98 Å². The van der Waals surface area contributed by atoms with Gasteiger partial charge in [0.2, 0.25) is 0 Å². The second-order valence-electron chi connectivity index (χ2n) is 4.70. The Morgan fingerprint density at radius 3 is 2.83 bits per heavy atom. The number of pyridine rings is 1. The monoisotopic (exact) mass is 232 g/mol. The Bertz CT molecular complexity index is 887. The van der Waals surface area contributed by atoms with Gasteiger partial charge in [0, 0.05) is 11.6 Å². The fraction of sp³-hybridized carbons (Fsp3) is 0.0625. The third kappa shape index (κ3) is 1.20. The summed E-state index contributed by atoms with van der Waals surface area (Å²) in [5, 5.41) is 2.46. The SMILES string of the molecule is Cc1ccc2c(ccn3c4ccccc4nc23)c1. The molecule has 0 bridgehead atoms. The van der Waals surface area contributed by atoms with E-state index < -0.39 is 0 Å². The number of nitrogens with zero attached hydrogens (tertiary/aromatic N) is 2. The number of hydrogen-bond acceptors (Lipinski definition) is 1. The smallest absolute Gasteiger partial charge is 0.145 e. The number of hydrogen-bond donors (Lipinski definition) is 0. The van der Waals surface area contributed by atoms with Crippen molar-refractivity contribution in [3.8, 4) is 0 Å². The van der Waals surface area contributed by atoms with Gasteiger partial charge in [0.25, 0.3) is 0 Å². The van der Waals surface area contributed by atoms with E-state index in [-0.39, 0.29) is 0 Å². The molecule has 0 saturated carbocycles. The molecule has 0 aliphatic carbocycles. The van der Waals surface area contributed by atoms with Crippen LogP contribution in [0.5, 0.6) is 0 Å². The maximum absolute atomic E-state index is 4.74. The maximum Gasteiger partial charge on any atom is 0.145 e. The minimum atomic E-state index is 1.04. The fourth-order valence-corrected chi connectivity index (χ4v) is 2.56. The molecule has 2 heterocycles. The van der Waals surface area contributed by atoms with E-state index in [2.05, 4.69) is 60.0 Å². The molecule has 2 aromatic heterocycles. The van der Waals surface area contributed by atoms with Crippen LogP contribution in [0.15, 0.2) is 54.7 Å². The van der Waals surface area contributed by atoms with E-state index in [0.29, 0.717) is 0 Å². The van der Waals surface area contributed by atoms with Crippen molar-refractivity contribution in [3.63, 3.8) is 0 Å². The summed E-state index contributed by atoms with van der Waals surface area (Å²) in [7, 11) is 0. The second kappa shape index (κ2) is 3.33. The van der Waals surface area contributed by atoms with Gasteiger partial charge in [-0.15, -0.1) is 0 Å². The highest BCUT2D eigenvalue weighted by Gasteiger charge is 2.06. The van der Waals surface area contributed by atoms with Crippen LogP contribution < -0.4 is 0 Å². The van der Waals surface area contributed by atoms with Gasteiger partial charge < -0.3 is 0 Å². The van der Waals surface area contributed by atoms with E-state index in [9.17, 15) is 0 Å². The molecule has 4 rings (SSSR count). The standard InChI is InChI=1S/C16H12N2/c1-11-6-7-13-12(10-11)8-9-18-15-5-3-2-4-14(15)17-16(13)18/h2-10H,1H3. The molecule has 0 atom stereocenters. The van der Waals surface area contributed by atoms with Crippen LogP contribution in [0.3, 0.4) is 0 Å². The Morgan fingerprint density at radius 2 is 1.89 bits per heavy atom. The summed E-state index contributed by atoms with van der Waals surface area (Å²) in [5.41, 5.74) is 4.53. The van der Waals surface area contributed by atoms with Crippen LogP contribution in [0, 0.1) is 6.92 Å². The first-order valence-electron chi connectivity index (χ1n) is 6.09. The molecule has 0 radical (unpaired) electrons. The van der Waals surface area contributed by atoms with Crippen LogP contribution in [-0.4, -0.2) is 9.38 Å². The summed E-state index contributed by atoms with van der Waals surface area (Å²) in [6.45, 7) is 2.12. The van der Waals surface area contributed by atoms with Gasteiger partial charge in [-0.3, -0.25) is 4.40 Å². The maximum atomic E-state index is 4.74. The van der Waals surface area contributed by atoms with Crippen molar-refractivity contribution in [2.24, 2.45) is 0 Å². The molecule has 86 valence electrons. The van der Waals surface area contributed by atoms with Crippen molar-refractivity contribution < 1.29 is 0 Å². The number of rotatable bonds is 0. The largest absolute Gasteiger partial charge is 0.299 e. The quantitative estimate of drug-likeness (QED) is 0.448. The highest BCUT2D eigenvalue weighted by Crippen LogP contribution is 2.24. The lowest BCUT2D eigenvalue weighted by Crippen LogP contribution is -1.86. The van der Waals surface area contributed by atoms with Crippen LogP contribution in [0.1, 0.15) is 5.56 Å². The zero-order valence-corrected chi connectivity index (χ0v) is 10.1. The molecule has 4 aromatic rings. The summed E-state index contributed by atoms with van der Waals surface area (Å²) < 4.78 is 2.16. The molecule has 2 aromatic carbocycles. The van der Waals surface area contributed by atoms with Gasteiger partial charge in [0.15, 0.2) is 0 Å². The summed E-state index contributed by atoms with van der Waals surface area (Å²) in [6.07, 6.45) is 2.10. The second-order valence-corrected chi connectivity index (χ2v) is 4.70. The molecule has 2 nitrogen and oxygen atoms in total. The van der Waals surface area contributed by atoms with Crippen LogP contribution in [-0.2, 0) is 0 Å². The van der Waals surface area contributed by atoms with E-state index in [1.807, 2.05) is 6.07 Å². The van der Waals surface area contributed by atoms with E-state index in [1.165, 1.54) is 16.3 Å². The van der Waals surface area contributed by atoms with Crippen LogP contribution in [0.4, 0.5) is 0 Å². The number of imidazole rings is 1. The highest BCUT2D eigenvalue weighted by molar-refractivity contribution is 5.98. The zero-order chi connectivity index (χ0) is 12.1. The molecule has 0 amide bonds. The Balaban J connectivity index is 2.28. The Labute approximate surface area is 104 Å². The van der Waals surface area contributed by atoms with E-state index in [0.717, 1.165) is 16.7 Å². The van der Waals surface area contributed by atoms with Crippen molar-refractivity contribution in [2.45, 2.75) is 6.92 Å². The van der Waals surface area contributed by atoms with Gasteiger partial charge in [0.05, 0.1) is 11.0 Å². The minimum Gasteiger partial charge on any atom is -0.299 e. The molecule has 0 aliphatic rings. The highest BCUT2D eigenvalue weighted by atomic mass is 15.0.